The van der Waals surface area contributed by atoms with Crippen molar-refractivity contribution >= 4 is 43.5 Å². The topological polar surface area (TPSA) is 58.5 Å². The van der Waals surface area contributed by atoms with E-state index in [4.69, 9.17) is 16.3 Å². The van der Waals surface area contributed by atoms with Crippen LogP contribution in [0.1, 0.15) is 16.7 Å². The van der Waals surface area contributed by atoms with E-state index < -0.39 is 0 Å². The van der Waals surface area contributed by atoms with Gasteiger partial charge in [-0.25, -0.2) is 5.43 Å². The highest BCUT2D eigenvalue weighted by molar-refractivity contribution is 14.1. The van der Waals surface area contributed by atoms with E-state index in [0.717, 1.165) is 58.8 Å². The van der Waals surface area contributed by atoms with Crippen molar-refractivity contribution in [1.29, 1.82) is 0 Å². The first-order valence-corrected chi connectivity index (χ1v) is 12.6. The molecular weight excluding hydrogens is 563 g/mol. The van der Waals surface area contributed by atoms with Crippen molar-refractivity contribution in [2.45, 2.75) is 13.1 Å². The van der Waals surface area contributed by atoms with Gasteiger partial charge in [-0.2, -0.15) is 0 Å². The Morgan fingerprint density at radius 2 is 1.76 bits per heavy atom. The first kappa shape index (κ1) is 24.9. The summed E-state index contributed by atoms with van der Waals surface area (Å²) in [5, 5.41) is 0.646. The molecule has 0 amide bonds. The first-order valence-electron chi connectivity index (χ1n) is 11.2. The summed E-state index contributed by atoms with van der Waals surface area (Å²) in [4.78, 5) is 15.8. The first-order chi connectivity index (χ1) is 16.5. The molecule has 0 spiro atoms. The largest absolute Gasteiger partial charge is 0.379 e. The van der Waals surface area contributed by atoms with E-state index in [1.165, 1.54) is 5.56 Å². The van der Waals surface area contributed by atoms with E-state index in [2.05, 4.69) is 69.2 Å². The zero-order chi connectivity index (χ0) is 24.1. The molecule has 0 aliphatic carbocycles. The van der Waals surface area contributed by atoms with Crippen molar-refractivity contribution in [3.05, 3.63) is 93.2 Å². The lowest BCUT2D eigenvalue weighted by molar-refractivity contribution is 0.0342. The minimum atomic E-state index is -0.0947. The number of hydrogen-bond donors (Lipinski definition) is 2. The van der Waals surface area contributed by atoms with E-state index in [-0.39, 0.29) is 5.56 Å². The molecule has 0 radical (unpaired) electrons. The van der Waals surface area contributed by atoms with Gasteiger partial charge in [-0.05, 0) is 51.4 Å². The molecule has 178 valence electrons. The number of benzene rings is 2. The van der Waals surface area contributed by atoms with Gasteiger partial charge in [0.05, 0.1) is 31.1 Å². The van der Waals surface area contributed by atoms with E-state index >= 15 is 0 Å². The highest BCUT2D eigenvalue weighted by Crippen LogP contribution is 2.36. The summed E-state index contributed by atoms with van der Waals surface area (Å²) in [7, 11) is 1.77. The molecule has 6 nitrogen and oxygen atoms in total. The SMILES string of the molecule is C=C(I)c1c(NNC)cc(=O)n(Cc2cccc(CN3CCOCC3)c2)c1-c1ccc(Cl)cc1. The third kappa shape index (κ3) is 5.90. The highest BCUT2D eigenvalue weighted by atomic mass is 127. The standard InChI is InChI=1S/C26H28ClIN4O2/c1-18(28)25-23(30-29-2)15-24(33)32(26(25)21-6-8-22(27)9-7-21)17-20-5-3-4-19(14-20)16-31-10-12-34-13-11-31/h3-9,14-15,29-30H,1,10-13,16-17H2,2H3. The summed E-state index contributed by atoms with van der Waals surface area (Å²) in [6.07, 6.45) is 0. The van der Waals surface area contributed by atoms with Crippen LogP contribution >= 0.6 is 34.2 Å². The molecule has 1 aliphatic heterocycles. The number of hydrogen-bond acceptors (Lipinski definition) is 5. The number of aromatic nitrogens is 1. The maximum atomic E-state index is 13.4. The Labute approximate surface area is 218 Å². The number of nitrogens with zero attached hydrogens (tertiary/aromatic N) is 2. The Morgan fingerprint density at radius 3 is 2.41 bits per heavy atom. The van der Waals surface area contributed by atoms with Crippen molar-refractivity contribution in [2.24, 2.45) is 0 Å². The third-order valence-corrected chi connectivity index (χ3v) is 6.59. The molecule has 3 aromatic rings. The molecule has 0 atom stereocenters. The zero-order valence-corrected chi connectivity index (χ0v) is 22.0. The summed E-state index contributed by atoms with van der Waals surface area (Å²) in [5.74, 6) is 0. The van der Waals surface area contributed by atoms with Gasteiger partial charge in [0.1, 0.15) is 0 Å². The average molecular weight is 591 g/mol. The van der Waals surface area contributed by atoms with E-state index in [1.54, 1.807) is 13.1 Å². The van der Waals surface area contributed by atoms with Gasteiger partial charge < -0.3 is 14.7 Å². The van der Waals surface area contributed by atoms with Gasteiger partial charge in [-0.15, -0.1) is 0 Å². The van der Waals surface area contributed by atoms with Crippen molar-refractivity contribution < 1.29 is 4.74 Å². The average Bonchev–Trinajstić information content (AvgIpc) is 2.82. The summed E-state index contributed by atoms with van der Waals surface area (Å²) in [6, 6.07) is 17.6. The Balaban J connectivity index is 1.77. The number of morpholine rings is 1. The number of ether oxygens (including phenoxy) is 1. The maximum Gasteiger partial charge on any atom is 0.253 e. The van der Waals surface area contributed by atoms with Gasteiger partial charge in [-0.3, -0.25) is 9.69 Å². The lowest BCUT2D eigenvalue weighted by Gasteiger charge is -2.26. The Morgan fingerprint density at radius 1 is 1.09 bits per heavy atom. The smallest absolute Gasteiger partial charge is 0.253 e. The Kier molecular flexibility index (Phi) is 8.44. The normalized spacial score (nSPS) is 14.2. The molecule has 34 heavy (non-hydrogen) atoms. The number of hydrazine groups is 1. The second-order valence-corrected chi connectivity index (χ2v) is 9.94. The molecule has 2 aromatic carbocycles. The second-order valence-electron chi connectivity index (χ2n) is 8.20. The van der Waals surface area contributed by atoms with Crippen molar-refractivity contribution in [2.75, 3.05) is 38.8 Å². The van der Waals surface area contributed by atoms with E-state index in [0.29, 0.717) is 17.3 Å². The molecule has 1 aromatic heterocycles. The molecule has 0 saturated carbocycles. The number of anilines is 1. The van der Waals surface area contributed by atoms with Gasteiger partial charge in [0, 0.05) is 46.9 Å². The van der Waals surface area contributed by atoms with Crippen LogP contribution in [0.4, 0.5) is 5.69 Å². The van der Waals surface area contributed by atoms with Crippen LogP contribution in [-0.4, -0.2) is 42.8 Å². The van der Waals surface area contributed by atoms with Gasteiger partial charge in [0.25, 0.3) is 5.56 Å². The molecule has 2 N–H and O–H groups in total. The fraction of sp³-hybridized carbons (Fsp3) is 0.269. The second kappa shape index (κ2) is 11.5. The van der Waals surface area contributed by atoms with Crippen LogP contribution in [0.5, 0.6) is 0 Å². The predicted molar refractivity (Wildman–Crippen MR) is 149 cm³/mol. The minimum Gasteiger partial charge on any atom is -0.379 e. The van der Waals surface area contributed by atoms with Gasteiger partial charge in [-0.1, -0.05) is 54.6 Å². The van der Waals surface area contributed by atoms with Gasteiger partial charge in [0.15, 0.2) is 0 Å². The Bertz CT molecular complexity index is 1220. The summed E-state index contributed by atoms with van der Waals surface area (Å²) >= 11 is 8.37. The lowest BCUT2D eigenvalue weighted by atomic mass is 10.0. The van der Waals surface area contributed by atoms with Crippen LogP contribution in [0.15, 0.2) is 66.0 Å². The number of halogens is 2. The van der Waals surface area contributed by atoms with Crippen LogP contribution in [0.25, 0.3) is 14.8 Å². The lowest BCUT2D eigenvalue weighted by Crippen LogP contribution is -2.35. The fourth-order valence-electron chi connectivity index (χ4n) is 4.25. The van der Waals surface area contributed by atoms with Crippen molar-refractivity contribution in [1.82, 2.24) is 14.9 Å². The van der Waals surface area contributed by atoms with Crippen LogP contribution in [0, 0.1) is 0 Å². The quantitative estimate of drug-likeness (QED) is 0.286. The maximum absolute atomic E-state index is 13.4. The van der Waals surface area contributed by atoms with Crippen LogP contribution in [-0.2, 0) is 17.8 Å². The van der Waals surface area contributed by atoms with Crippen LogP contribution in [0.2, 0.25) is 5.02 Å². The monoisotopic (exact) mass is 590 g/mol. The Hall–Kier alpha value is -2.17. The molecular formula is C26H28ClIN4O2. The molecule has 8 heteroatoms. The molecule has 1 saturated heterocycles. The van der Waals surface area contributed by atoms with Crippen LogP contribution in [0.3, 0.4) is 0 Å². The molecule has 4 rings (SSSR count). The number of nitrogens with one attached hydrogen (secondary N) is 2. The molecule has 0 unspecified atom stereocenters. The summed E-state index contributed by atoms with van der Waals surface area (Å²) in [5.41, 5.74) is 11.5. The van der Waals surface area contributed by atoms with Gasteiger partial charge in [0.2, 0.25) is 0 Å². The molecule has 0 bridgehead atoms. The fourth-order valence-corrected chi connectivity index (χ4v) is 4.92. The number of rotatable bonds is 8. The third-order valence-electron chi connectivity index (χ3n) is 5.80. The zero-order valence-electron chi connectivity index (χ0n) is 19.1. The van der Waals surface area contributed by atoms with E-state index in [1.807, 2.05) is 28.8 Å². The molecule has 2 heterocycles. The minimum absolute atomic E-state index is 0.0947. The van der Waals surface area contributed by atoms with Gasteiger partial charge >= 0.3 is 0 Å². The van der Waals surface area contributed by atoms with Crippen molar-refractivity contribution in [3.8, 4) is 11.3 Å². The van der Waals surface area contributed by atoms with Crippen molar-refractivity contribution in [3.63, 3.8) is 0 Å². The summed E-state index contributed by atoms with van der Waals surface area (Å²) in [6.45, 7) is 8.93. The van der Waals surface area contributed by atoms with Crippen LogP contribution < -0.4 is 16.4 Å². The predicted octanol–water partition coefficient (Wildman–Crippen LogP) is 5.00. The molecule has 1 aliphatic rings. The highest BCUT2D eigenvalue weighted by Gasteiger charge is 2.19. The molecule has 1 fully saturated rings. The number of pyridine rings is 1. The summed E-state index contributed by atoms with van der Waals surface area (Å²) < 4.78 is 8.11. The van der Waals surface area contributed by atoms with E-state index in [9.17, 15) is 4.79 Å².